The van der Waals surface area contributed by atoms with Crippen molar-refractivity contribution in [1.29, 1.82) is 0 Å². The summed E-state index contributed by atoms with van der Waals surface area (Å²) in [6.45, 7) is 5.43. The standard InChI is InChI=1S/C14H23N3O2S.2ClH/c1-11-10-20-14(16-11)12-4-3-6-17(9-12)13(18)8-15-5-7-19-2;;/h10,12,15H,3-9H2,1-2H3;2*1H. The molecule has 22 heavy (non-hydrogen) atoms. The number of rotatable bonds is 6. The summed E-state index contributed by atoms with van der Waals surface area (Å²) in [5.74, 6) is 0.587. The van der Waals surface area contributed by atoms with Gasteiger partial charge in [0.15, 0.2) is 0 Å². The Morgan fingerprint density at radius 1 is 1.55 bits per heavy atom. The third-order valence-corrected chi connectivity index (χ3v) is 4.64. The number of halogens is 2. The molecule has 1 atom stereocenters. The minimum Gasteiger partial charge on any atom is -0.383 e. The van der Waals surface area contributed by atoms with E-state index < -0.39 is 0 Å². The largest absolute Gasteiger partial charge is 0.383 e. The zero-order chi connectivity index (χ0) is 14.4. The SMILES string of the molecule is COCCNCC(=O)N1CCCC(c2nc(C)cs2)C1.Cl.Cl. The van der Waals surface area contributed by atoms with Crippen LogP contribution in [0.3, 0.4) is 0 Å². The minimum absolute atomic E-state index is 0. The molecule has 5 nitrogen and oxygen atoms in total. The fraction of sp³-hybridized carbons (Fsp3) is 0.714. The summed E-state index contributed by atoms with van der Waals surface area (Å²) in [7, 11) is 1.66. The van der Waals surface area contributed by atoms with Crippen molar-refractivity contribution in [2.75, 3.05) is 39.9 Å². The summed E-state index contributed by atoms with van der Waals surface area (Å²) in [6.07, 6.45) is 2.20. The number of piperidine rings is 1. The summed E-state index contributed by atoms with van der Waals surface area (Å²) in [6, 6.07) is 0. The molecule has 0 saturated carbocycles. The van der Waals surface area contributed by atoms with E-state index in [0.717, 1.165) is 31.6 Å². The molecular weight excluding hydrogens is 345 g/mol. The van der Waals surface area contributed by atoms with E-state index in [4.69, 9.17) is 4.74 Å². The smallest absolute Gasteiger partial charge is 0.236 e. The molecule has 1 aliphatic heterocycles. The van der Waals surface area contributed by atoms with Crippen LogP contribution in [0.4, 0.5) is 0 Å². The van der Waals surface area contributed by atoms with E-state index in [0.29, 0.717) is 25.6 Å². The maximum Gasteiger partial charge on any atom is 0.236 e. The Bertz CT molecular complexity index is 445. The van der Waals surface area contributed by atoms with E-state index in [-0.39, 0.29) is 30.7 Å². The number of likely N-dealkylation sites (tertiary alicyclic amines) is 1. The summed E-state index contributed by atoms with van der Waals surface area (Å²) < 4.78 is 4.95. The summed E-state index contributed by atoms with van der Waals surface area (Å²) in [5, 5.41) is 6.37. The Morgan fingerprint density at radius 3 is 2.95 bits per heavy atom. The van der Waals surface area contributed by atoms with Crippen molar-refractivity contribution >= 4 is 42.1 Å². The number of aryl methyl sites for hydroxylation is 1. The van der Waals surface area contributed by atoms with Gasteiger partial charge in [-0.2, -0.15) is 0 Å². The highest BCUT2D eigenvalue weighted by atomic mass is 35.5. The van der Waals surface area contributed by atoms with Crippen LogP contribution in [0.15, 0.2) is 5.38 Å². The van der Waals surface area contributed by atoms with Gasteiger partial charge >= 0.3 is 0 Å². The van der Waals surface area contributed by atoms with E-state index >= 15 is 0 Å². The van der Waals surface area contributed by atoms with Gasteiger partial charge in [-0.3, -0.25) is 4.79 Å². The van der Waals surface area contributed by atoms with Crippen molar-refractivity contribution in [2.45, 2.75) is 25.7 Å². The van der Waals surface area contributed by atoms with Crippen molar-refractivity contribution in [3.05, 3.63) is 16.1 Å². The molecule has 0 radical (unpaired) electrons. The van der Waals surface area contributed by atoms with Crippen LogP contribution in [-0.2, 0) is 9.53 Å². The molecule has 0 spiro atoms. The molecule has 1 N–H and O–H groups in total. The number of aromatic nitrogens is 1. The van der Waals surface area contributed by atoms with Gasteiger partial charge in [0, 0.05) is 43.7 Å². The van der Waals surface area contributed by atoms with Crippen molar-refractivity contribution < 1.29 is 9.53 Å². The van der Waals surface area contributed by atoms with Gasteiger partial charge < -0.3 is 15.0 Å². The average Bonchev–Trinajstić information content (AvgIpc) is 2.90. The number of carbonyl (C=O) groups excluding carboxylic acids is 1. The molecule has 8 heteroatoms. The minimum atomic E-state index is 0. The fourth-order valence-corrected chi connectivity index (χ4v) is 3.37. The average molecular weight is 370 g/mol. The molecule has 0 aliphatic carbocycles. The second kappa shape index (κ2) is 11.2. The Kier molecular flexibility index (Phi) is 11.0. The Hall–Kier alpha value is -0.400. The summed E-state index contributed by atoms with van der Waals surface area (Å²) in [5.41, 5.74) is 1.08. The molecule has 2 heterocycles. The predicted octanol–water partition coefficient (Wildman–Crippen LogP) is 2.24. The number of nitrogens with zero attached hydrogens (tertiary/aromatic N) is 2. The molecule has 2 rings (SSSR count). The first-order valence-electron chi connectivity index (χ1n) is 7.10. The lowest BCUT2D eigenvalue weighted by Gasteiger charge is -2.32. The fourth-order valence-electron chi connectivity index (χ4n) is 2.45. The number of amides is 1. The number of ether oxygens (including phenoxy) is 1. The Labute approximate surface area is 148 Å². The van der Waals surface area contributed by atoms with Gasteiger partial charge in [0.2, 0.25) is 5.91 Å². The maximum absolute atomic E-state index is 12.1. The quantitative estimate of drug-likeness (QED) is 0.781. The second-order valence-corrected chi connectivity index (χ2v) is 6.07. The molecule has 1 fully saturated rings. The van der Waals surface area contributed by atoms with Gasteiger partial charge in [-0.25, -0.2) is 4.98 Å². The van der Waals surface area contributed by atoms with Crippen LogP contribution in [0.2, 0.25) is 0 Å². The molecule has 1 amide bonds. The highest BCUT2D eigenvalue weighted by Crippen LogP contribution is 2.29. The monoisotopic (exact) mass is 369 g/mol. The Balaban J connectivity index is 0.00000220. The maximum atomic E-state index is 12.1. The van der Waals surface area contributed by atoms with Gasteiger partial charge in [0.25, 0.3) is 0 Å². The predicted molar refractivity (Wildman–Crippen MR) is 94.6 cm³/mol. The summed E-state index contributed by atoms with van der Waals surface area (Å²) >= 11 is 1.71. The third-order valence-electron chi connectivity index (χ3n) is 3.52. The normalized spacial score (nSPS) is 17.5. The van der Waals surface area contributed by atoms with Crippen LogP contribution in [0.5, 0.6) is 0 Å². The van der Waals surface area contributed by atoms with E-state index in [9.17, 15) is 4.79 Å². The highest BCUT2D eigenvalue weighted by molar-refractivity contribution is 7.09. The zero-order valence-corrected chi connectivity index (χ0v) is 15.5. The molecule has 1 aromatic rings. The first-order chi connectivity index (χ1) is 9.70. The number of hydrogen-bond donors (Lipinski definition) is 1. The van der Waals surface area contributed by atoms with E-state index in [2.05, 4.69) is 15.7 Å². The number of carbonyl (C=O) groups is 1. The van der Waals surface area contributed by atoms with Crippen molar-refractivity contribution in [3.8, 4) is 0 Å². The van der Waals surface area contributed by atoms with Crippen LogP contribution in [0.1, 0.15) is 29.5 Å². The second-order valence-electron chi connectivity index (χ2n) is 5.18. The van der Waals surface area contributed by atoms with E-state index in [1.165, 1.54) is 5.01 Å². The van der Waals surface area contributed by atoms with Crippen LogP contribution >= 0.6 is 36.2 Å². The van der Waals surface area contributed by atoms with Gasteiger partial charge in [-0.05, 0) is 19.8 Å². The number of thiazole rings is 1. The summed E-state index contributed by atoms with van der Waals surface area (Å²) in [4.78, 5) is 18.7. The third kappa shape index (κ3) is 6.38. The Morgan fingerprint density at radius 2 is 2.32 bits per heavy atom. The molecule has 1 unspecified atom stereocenters. The number of nitrogens with one attached hydrogen (secondary N) is 1. The van der Waals surface area contributed by atoms with Crippen LogP contribution in [0.25, 0.3) is 0 Å². The molecular formula is C14H25Cl2N3O2S. The highest BCUT2D eigenvalue weighted by Gasteiger charge is 2.26. The lowest BCUT2D eigenvalue weighted by Crippen LogP contribution is -2.43. The van der Waals surface area contributed by atoms with Crippen molar-refractivity contribution in [1.82, 2.24) is 15.2 Å². The van der Waals surface area contributed by atoms with Crippen LogP contribution in [0, 0.1) is 6.92 Å². The molecule has 0 bridgehead atoms. The molecule has 128 valence electrons. The number of methoxy groups -OCH3 is 1. The van der Waals surface area contributed by atoms with E-state index in [1.807, 2.05) is 11.8 Å². The molecule has 1 aliphatic rings. The lowest BCUT2D eigenvalue weighted by molar-refractivity contribution is -0.131. The van der Waals surface area contributed by atoms with Gasteiger partial charge in [0.1, 0.15) is 0 Å². The van der Waals surface area contributed by atoms with Gasteiger partial charge in [0.05, 0.1) is 18.2 Å². The first kappa shape index (κ1) is 21.6. The van der Waals surface area contributed by atoms with Crippen LogP contribution < -0.4 is 5.32 Å². The number of hydrogen-bond acceptors (Lipinski definition) is 5. The van der Waals surface area contributed by atoms with Crippen molar-refractivity contribution in [2.24, 2.45) is 0 Å². The van der Waals surface area contributed by atoms with Crippen LogP contribution in [-0.4, -0.2) is 55.7 Å². The zero-order valence-electron chi connectivity index (χ0n) is 13.0. The molecule has 1 aromatic heterocycles. The van der Waals surface area contributed by atoms with Crippen molar-refractivity contribution in [3.63, 3.8) is 0 Å². The van der Waals surface area contributed by atoms with Gasteiger partial charge in [-0.1, -0.05) is 0 Å². The lowest BCUT2D eigenvalue weighted by atomic mass is 9.98. The molecule has 0 aromatic carbocycles. The first-order valence-corrected chi connectivity index (χ1v) is 7.98. The molecule has 1 saturated heterocycles. The van der Waals surface area contributed by atoms with E-state index in [1.54, 1.807) is 18.4 Å². The topological polar surface area (TPSA) is 54.5 Å². The van der Waals surface area contributed by atoms with Gasteiger partial charge in [-0.15, -0.1) is 36.2 Å².